The second kappa shape index (κ2) is 4.62. The van der Waals surface area contributed by atoms with Crippen LogP contribution in [0.2, 0.25) is 0 Å². The molecule has 11 heavy (non-hydrogen) atoms. The zero-order chi connectivity index (χ0) is 8.10. The lowest BCUT2D eigenvalue weighted by Gasteiger charge is -1.89. The van der Waals surface area contributed by atoms with Crippen LogP contribution in [0.5, 0.6) is 0 Å². The van der Waals surface area contributed by atoms with Gasteiger partial charge >= 0.3 is 0 Å². The van der Waals surface area contributed by atoms with Gasteiger partial charge in [0.1, 0.15) is 25.5 Å². The summed E-state index contributed by atoms with van der Waals surface area (Å²) in [4.78, 5) is 0. The van der Waals surface area contributed by atoms with E-state index in [0.29, 0.717) is 11.8 Å². The molecule has 1 aromatic heterocycles. The first-order valence-corrected chi connectivity index (χ1v) is 4.60. The van der Waals surface area contributed by atoms with Crippen LogP contribution in [-0.2, 0) is 13.1 Å². The molecule has 0 fully saturated rings. The summed E-state index contributed by atoms with van der Waals surface area (Å²) >= 11 is 11.1. The maximum Gasteiger partial charge on any atom is 0.243 e. The molecule has 0 saturated carbocycles. The quantitative estimate of drug-likeness (QED) is 0.504. The molecule has 1 aromatic rings. The zero-order valence-corrected chi connectivity index (χ0v) is 7.72. The van der Waals surface area contributed by atoms with E-state index in [0.717, 1.165) is 13.1 Å². The number of aromatic nitrogens is 2. The highest BCUT2D eigenvalue weighted by Gasteiger charge is 2.00. The Kier molecular flexibility index (Phi) is 3.73. The van der Waals surface area contributed by atoms with Crippen LogP contribution in [-0.4, -0.2) is 16.3 Å². The minimum atomic E-state index is 0.648. The van der Waals surface area contributed by atoms with Crippen molar-refractivity contribution in [3.05, 3.63) is 18.7 Å². The molecule has 0 aliphatic carbocycles. The molecular formula is C7H11Cl2N2+. The fraction of sp³-hybridized carbons (Fsp3) is 0.571. The Balaban J connectivity index is 2.51. The van der Waals surface area contributed by atoms with E-state index in [2.05, 4.69) is 0 Å². The fourth-order valence-corrected chi connectivity index (χ4v) is 1.29. The summed E-state index contributed by atoms with van der Waals surface area (Å²) in [7, 11) is 0. The van der Waals surface area contributed by atoms with Gasteiger partial charge in [-0.1, -0.05) is 0 Å². The largest absolute Gasteiger partial charge is 0.243 e. The summed E-state index contributed by atoms with van der Waals surface area (Å²) < 4.78 is 4.08. The van der Waals surface area contributed by atoms with Crippen molar-refractivity contribution in [1.82, 2.24) is 4.57 Å². The van der Waals surface area contributed by atoms with Gasteiger partial charge in [-0.2, -0.15) is 0 Å². The Bertz CT molecular complexity index is 189. The van der Waals surface area contributed by atoms with Crippen molar-refractivity contribution in [1.29, 1.82) is 0 Å². The van der Waals surface area contributed by atoms with Crippen molar-refractivity contribution in [3.8, 4) is 0 Å². The Morgan fingerprint density at radius 3 is 2.73 bits per heavy atom. The van der Waals surface area contributed by atoms with E-state index in [-0.39, 0.29) is 0 Å². The van der Waals surface area contributed by atoms with Crippen LogP contribution >= 0.6 is 23.2 Å². The fourth-order valence-electron chi connectivity index (χ4n) is 0.898. The predicted octanol–water partition coefficient (Wildman–Crippen LogP) is 1.25. The highest BCUT2D eigenvalue weighted by molar-refractivity contribution is 6.17. The van der Waals surface area contributed by atoms with Gasteiger partial charge < -0.3 is 0 Å². The number of hydrogen-bond acceptors (Lipinski definition) is 0. The van der Waals surface area contributed by atoms with Gasteiger partial charge in [0.05, 0.1) is 11.8 Å². The highest BCUT2D eigenvalue weighted by atomic mass is 35.5. The van der Waals surface area contributed by atoms with E-state index >= 15 is 0 Å². The lowest BCUT2D eigenvalue weighted by Crippen LogP contribution is -2.31. The standard InChI is InChI=1S/C7H11Cl2N2/c8-1-3-10-5-6-11(7-10)4-2-9/h5-7H,1-4H2/q+1. The van der Waals surface area contributed by atoms with Crippen molar-refractivity contribution in [2.75, 3.05) is 11.8 Å². The van der Waals surface area contributed by atoms with Gasteiger partial charge in [0, 0.05) is 0 Å². The van der Waals surface area contributed by atoms with Crippen LogP contribution in [0, 0.1) is 0 Å². The van der Waals surface area contributed by atoms with Crippen molar-refractivity contribution < 1.29 is 4.57 Å². The molecule has 0 unspecified atom stereocenters. The third-order valence-electron chi connectivity index (χ3n) is 1.43. The number of imidazole rings is 1. The van der Waals surface area contributed by atoms with Crippen LogP contribution < -0.4 is 4.57 Å². The second-order valence-corrected chi connectivity index (χ2v) is 3.02. The molecule has 1 heterocycles. The smallest absolute Gasteiger partial charge is 0.236 e. The van der Waals surface area contributed by atoms with Gasteiger partial charge in [0.25, 0.3) is 0 Å². The normalized spacial score (nSPS) is 10.4. The minimum absolute atomic E-state index is 0.648. The van der Waals surface area contributed by atoms with E-state index in [1.54, 1.807) is 0 Å². The molecule has 0 spiro atoms. The summed E-state index contributed by atoms with van der Waals surface area (Å²) in [5.41, 5.74) is 0. The Hall–Kier alpha value is -0.210. The average molecular weight is 194 g/mol. The van der Waals surface area contributed by atoms with E-state index < -0.39 is 0 Å². The Morgan fingerprint density at radius 1 is 1.27 bits per heavy atom. The van der Waals surface area contributed by atoms with E-state index in [1.165, 1.54) is 0 Å². The van der Waals surface area contributed by atoms with Gasteiger partial charge in [-0.3, -0.25) is 0 Å². The van der Waals surface area contributed by atoms with Crippen LogP contribution in [0.1, 0.15) is 0 Å². The molecule has 0 aliphatic heterocycles. The highest BCUT2D eigenvalue weighted by Crippen LogP contribution is 1.86. The van der Waals surface area contributed by atoms with E-state index in [9.17, 15) is 0 Å². The molecule has 0 bridgehead atoms. The van der Waals surface area contributed by atoms with Crippen LogP contribution in [0.3, 0.4) is 0 Å². The summed E-state index contributed by atoms with van der Waals surface area (Å²) in [6, 6.07) is 0. The molecule has 0 aromatic carbocycles. The molecule has 0 saturated heterocycles. The molecule has 0 amide bonds. The minimum Gasteiger partial charge on any atom is -0.236 e. The number of hydrogen-bond donors (Lipinski definition) is 0. The maximum atomic E-state index is 5.57. The molecule has 1 rings (SSSR count). The second-order valence-electron chi connectivity index (χ2n) is 2.27. The predicted molar refractivity (Wildman–Crippen MR) is 46.1 cm³/mol. The van der Waals surface area contributed by atoms with E-state index in [4.69, 9.17) is 23.2 Å². The first-order valence-electron chi connectivity index (χ1n) is 3.53. The Morgan fingerprint density at radius 2 is 2.09 bits per heavy atom. The number of rotatable bonds is 4. The molecule has 0 radical (unpaired) electrons. The summed E-state index contributed by atoms with van der Waals surface area (Å²) in [5.74, 6) is 1.30. The third-order valence-corrected chi connectivity index (χ3v) is 1.77. The summed E-state index contributed by atoms with van der Waals surface area (Å²) in [5, 5.41) is 0. The van der Waals surface area contributed by atoms with Gasteiger partial charge in [0.15, 0.2) is 0 Å². The topological polar surface area (TPSA) is 8.81 Å². The average Bonchev–Trinajstić information content (AvgIpc) is 2.38. The van der Waals surface area contributed by atoms with E-state index in [1.807, 2.05) is 27.9 Å². The maximum absolute atomic E-state index is 5.57. The molecule has 0 aliphatic rings. The Labute approximate surface area is 76.3 Å². The van der Waals surface area contributed by atoms with Gasteiger partial charge in [-0.25, -0.2) is 9.13 Å². The zero-order valence-electron chi connectivity index (χ0n) is 6.21. The molecule has 4 heteroatoms. The SMILES string of the molecule is ClCCn1cc[n+](CCCl)c1. The molecule has 0 N–H and O–H groups in total. The van der Waals surface area contributed by atoms with Gasteiger partial charge in [-0.05, 0) is 0 Å². The lowest BCUT2D eigenvalue weighted by atomic mass is 10.7. The number of nitrogens with zero attached hydrogens (tertiary/aromatic N) is 2. The number of halogens is 2. The molecule has 62 valence electrons. The molecule has 2 nitrogen and oxygen atoms in total. The van der Waals surface area contributed by atoms with Crippen LogP contribution in [0.25, 0.3) is 0 Å². The summed E-state index contributed by atoms with van der Waals surface area (Å²) in [6.45, 7) is 1.72. The number of aryl methyl sites for hydroxylation is 2. The monoisotopic (exact) mass is 193 g/mol. The third kappa shape index (κ3) is 2.72. The molecule has 0 atom stereocenters. The van der Waals surface area contributed by atoms with Crippen molar-refractivity contribution in [3.63, 3.8) is 0 Å². The summed E-state index contributed by atoms with van der Waals surface area (Å²) in [6.07, 6.45) is 5.99. The number of alkyl halides is 2. The lowest BCUT2D eigenvalue weighted by molar-refractivity contribution is -0.692. The van der Waals surface area contributed by atoms with Crippen LogP contribution in [0.15, 0.2) is 18.7 Å². The first kappa shape index (κ1) is 8.88. The van der Waals surface area contributed by atoms with Crippen molar-refractivity contribution >= 4 is 23.2 Å². The van der Waals surface area contributed by atoms with Crippen LogP contribution in [0.4, 0.5) is 0 Å². The first-order chi connectivity index (χ1) is 5.36. The van der Waals surface area contributed by atoms with Gasteiger partial charge in [-0.15, -0.1) is 23.2 Å². The van der Waals surface area contributed by atoms with Gasteiger partial charge in [0.2, 0.25) is 6.33 Å². The molecular weight excluding hydrogens is 183 g/mol. The van der Waals surface area contributed by atoms with Crippen molar-refractivity contribution in [2.24, 2.45) is 0 Å². The van der Waals surface area contributed by atoms with Crippen molar-refractivity contribution in [2.45, 2.75) is 13.1 Å².